The Kier molecular flexibility index (Phi) is 4.32. The molecule has 1 aromatic heterocycles. The van der Waals surface area contributed by atoms with E-state index in [4.69, 9.17) is 4.74 Å². The van der Waals surface area contributed by atoms with Gasteiger partial charge in [-0.05, 0) is 62.6 Å². The van der Waals surface area contributed by atoms with E-state index in [1.165, 1.54) is 11.1 Å². The van der Waals surface area contributed by atoms with Crippen LogP contribution in [0.3, 0.4) is 0 Å². The fourth-order valence-corrected chi connectivity index (χ4v) is 2.88. The van der Waals surface area contributed by atoms with E-state index in [0.717, 1.165) is 36.3 Å². The van der Waals surface area contributed by atoms with Crippen molar-refractivity contribution in [2.24, 2.45) is 7.05 Å². The summed E-state index contributed by atoms with van der Waals surface area (Å²) in [5, 5.41) is 10.5. The summed E-state index contributed by atoms with van der Waals surface area (Å²) in [5.41, 5.74) is 4.74. The molecule has 0 radical (unpaired) electrons. The Labute approximate surface area is 142 Å². The average Bonchev–Trinajstić information content (AvgIpc) is 2.92. The number of rotatable bonds is 2. The minimum absolute atomic E-state index is 0.424. The zero-order valence-corrected chi connectivity index (χ0v) is 14.6. The van der Waals surface area contributed by atoms with Gasteiger partial charge < -0.3 is 10.1 Å². The first-order valence-electron chi connectivity index (χ1n) is 8.17. The van der Waals surface area contributed by atoms with Crippen molar-refractivity contribution in [3.05, 3.63) is 35.7 Å². The molecule has 3 rings (SSSR count). The summed E-state index contributed by atoms with van der Waals surface area (Å²) < 4.78 is 7.17. The molecular weight excluding hydrogens is 304 g/mol. The topological polar surface area (TPSA) is 68.2 Å². The second-order valence-corrected chi connectivity index (χ2v) is 7.12. The lowest BCUT2D eigenvalue weighted by atomic mass is 9.94. The van der Waals surface area contributed by atoms with Gasteiger partial charge in [0.2, 0.25) is 0 Å². The molecule has 1 amide bonds. The zero-order chi connectivity index (χ0) is 17.3. The van der Waals surface area contributed by atoms with Crippen LogP contribution < -0.4 is 10.6 Å². The predicted octanol–water partition coefficient (Wildman–Crippen LogP) is 3.08. The lowest BCUT2D eigenvalue weighted by molar-refractivity contribution is 0.0636. The maximum Gasteiger partial charge on any atom is 0.412 e. The minimum Gasteiger partial charge on any atom is -0.444 e. The van der Waals surface area contributed by atoms with E-state index in [1.807, 2.05) is 46.3 Å². The van der Waals surface area contributed by atoms with Crippen LogP contribution in [0.5, 0.6) is 0 Å². The van der Waals surface area contributed by atoms with Crippen LogP contribution in [0.15, 0.2) is 24.5 Å². The number of carbonyl (C=O) groups excluding carboxylic acids is 1. The number of benzene rings is 1. The number of nitrogens with zero attached hydrogens (tertiary/aromatic N) is 2. The first kappa shape index (κ1) is 16.5. The molecule has 0 aliphatic carbocycles. The van der Waals surface area contributed by atoms with Crippen molar-refractivity contribution in [2.75, 3.05) is 11.9 Å². The van der Waals surface area contributed by atoms with E-state index < -0.39 is 11.7 Å². The molecule has 2 aromatic rings. The number of anilines is 1. The summed E-state index contributed by atoms with van der Waals surface area (Å²) in [6, 6.07) is 4.17. The maximum atomic E-state index is 12.2. The number of aryl methyl sites for hydroxylation is 1. The third kappa shape index (κ3) is 3.76. The lowest BCUT2D eigenvalue weighted by Crippen LogP contribution is -2.29. The van der Waals surface area contributed by atoms with Gasteiger partial charge in [-0.15, -0.1) is 0 Å². The molecule has 0 atom stereocenters. The highest BCUT2D eigenvalue weighted by atomic mass is 16.6. The smallest absolute Gasteiger partial charge is 0.412 e. The molecule has 0 fully saturated rings. The number of ether oxygens (including phenoxy) is 1. The normalized spacial score (nSPS) is 14.2. The van der Waals surface area contributed by atoms with Crippen LogP contribution in [0.1, 0.15) is 31.9 Å². The molecule has 6 heteroatoms. The molecule has 2 heterocycles. The molecule has 128 valence electrons. The highest BCUT2D eigenvalue weighted by Gasteiger charge is 2.20. The van der Waals surface area contributed by atoms with Crippen molar-refractivity contribution in [1.82, 2.24) is 15.1 Å². The molecule has 0 saturated heterocycles. The standard InChI is InChI=1S/C18H24N4O2/c1-18(2,3)24-17(23)21-16-8-12(14-10-20-22(4)11-14)7-13-9-19-6-5-15(13)16/h7-8,10-11,19H,5-6,9H2,1-4H3,(H,21,23). The molecule has 24 heavy (non-hydrogen) atoms. The Morgan fingerprint density at radius 3 is 2.79 bits per heavy atom. The molecule has 2 N–H and O–H groups in total. The Hall–Kier alpha value is -2.34. The molecule has 0 saturated carbocycles. The Bertz CT molecular complexity index is 759. The number of amides is 1. The fraction of sp³-hybridized carbons (Fsp3) is 0.444. The minimum atomic E-state index is -0.521. The van der Waals surface area contributed by atoms with Crippen LogP contribution in [-0.2, 0) is 24.8 Å². The monoisotopic (exact) mass is 328 g/mol. The summed E-state index contributed by atoms with van der Waals surface area (Å²) in [7, 11) is 1.89. The Morgan fingerprint density at radius 2 is 2.12 bits per heavy atom. The van der Waals surface area contributed by atoms with Gasteiger partial charge in [-0.2, -0.15) is 5.10 Å². The Balaban J connectivity index is 1.95. The van der Waals surface area contributed by atoms with Crippen LogP contribution in [0.4, 0.5) is 10.5 Å². The second-order valence-electron chi connectivity index (χ2n) is 7.12. The van der Waals surface area contributed by atoms with Gasteiger partial charge in [-0.25, -0.2) is 4.79 Å². The summed E-state index contributed by atoms with van der Waals surface area (Å²) in [6.07, 6.45) is 4.25. The zero-order valence-electron chi connectivity index (χ0n) is 14.6. The number of carbonyl (C=O) groups is 1. The largest absolute Gasteiger partial charge is 0.444 e. The van der Waals surface area contributed by atoms with Crippen LogP contribution in [-0.4, -0.2) is 28.0 Å². The molecule has 0 unspecified atom stereocenters. The number of hydrogen-bond donors (Lipinski definition) is 2. The predicted molar refractivity (Wildman–Crippen MR) is 93.9 cm³/mol. The lowest BCUT2D eigenvalue weighted by Gasteiger charge is -2.24. The Morgan fingerprint density at radius 1 is 1.33 bits per heavy atom. The van der Waals surface area contributed by atoms with Gasteiger partial charge in [-0.1, -0.05) is 0 Å². The van der Waals surface area contributed by atoms with Crippen LogP contribution in [0.2, 0.25) is 0 Å². The van der Waals surface area contributed by atoms with Crippen molar-refractivity contribution in [3.63, 3.8) is 0 Å². The van der Waals surface area contributed by atoms with Crippen molar-refractivity contribution in [1.29, 1.82) is 0 Å². The quantitative estimate of drug-likeness (QED) is 0.889. The van der Waals surface area contributed by atoms with E-state index in [-0.39, 0.29) is 0 Å². The summed E-state index contributed by atoms with van der Waals surface area (Å²) in [4.78, 5) is 12.2. The number of nitrogens with one attached hydrogen (secondary N) is 2. The highest BCUT2D eigenvalue weighted by Crippen LogP contribution is 2.31. The molecular formula is C18H24N4O2. The average molecular weight is 328 g/mol. The van der Waals surface area contributed by atoms with E-state index in [0.29, 0.717) is 0 Å². The van der Waals surface area contributed by atoms with Gasteiger partial charge in [0.25, 0.3) is 0 Å². The highest BCUT2D eigenvalue weighted by molar-refractivity contribution is 5.88. The number of fused-ring (bicyclic) bond motifs is 1. The summed E-state index contributed by atoms with van der Waals surface area (Å²) >= 11 is 0. The van der Waals surface area contributed by atoms with Crippen molar-refractivity contribution >= 4 is 11.8 Å². The maximum absolute atomic E-state index is 12.2. The van der Waals surface area contributed by atoms with Gasteiger partial charge in [0.15, 0.2) is 0 Å². The molecule has 6 nitrogen and oxygen atoms in total. The van der Waals surface area contributed by atoms with E-state index in [2.05, 4.69) is 21.8 Å². The van der Waals surface area contributed by atoms with E-state index >= 15 is 0 Å². The molecule has 1 aromatic carbocycles. The molecule has 0 bridgehead atoms. The van der Waals surface area contributed by atoms with Crippen LogP contribution >= 0.6 is 0 Å². The molecule has 0 spiro atoms. The fourth-order valence-electron chi connectivity index (χ4n) is 2.88. The van der Waals surface area contributed by atoms with E-state index in [9.17, 15) is 4.79 Å². The van der Waals surface area contributed by atoms with Crippen molar-refractivity contribution in [3.8, 4) is 11.1 Å². The van der Waals surface area contributed by atoms with Gasteiger partial charge in [-0.3, -0.25) is 10.00 Å². The molecule has 1 aliphatic heterocycles. The van der Waals surface area contributed by atoms with Gasteiger partial charge >= 0.3 is 6.09 Å². The SMILES string of the molecule is Cn1cc(-c2cc3c(c(NC(=O)OC(C)(C)C)c2)CCNC3)cn1. The van der Waals surface area contributed by atoms with Crippen molar-refractivity contribution < 1.29 is 9.53 Å². The number of aromatic nitrogens is 2. The van der Waals surface area contributed by atoms with Crippen molar-refractivity contribution in [2.45, 2.75) is 39.3 Å². The first-order chi connectivity index (χ1) is 11.3. The second kappa shape index (κ2) is 6.28. The van der Waals surface area contributed by atoms with Gasteiger partial charge in [0, 0.05) is 31.0 Å². The van der Waals surface area contributed by atoms with Crippen LogP contribution in [0.25, 0.3) is 11.1 Å². The van der Waals surface area contributed by atoms with E-state index in [1.54, 1.807) is 4.68 Å². The van der Waals surface area contributed by atoms with Crippen LogP contribution in [0, 0.1) is 0 Å². The third-order valence-corrected chi connectivity index (χ3v) is 3.88. The van der Waals surface area contributed by atoms with Gasteiger partial charge in [0.1, 0.15) is 5.60 Å². The first-order valence-corrected chi connectivity index (χ1v) is 8.17. The molecule has 1 aliphatic rings. The summed E-state index contributed by atoms with van der Waals surface area (Å²) in [5.74, 6) is 0. The van der Waals surface area contributed by atoms with Gasteiger partial charge in [0.05, 0.1) is 6.20 Å². The third-order valence-electron chi connectivity index (χ3n) is 3.88. The summed E-state index contributed by atoms with van der Waals surface area (Å²) in [6.45, 7) is 7.28. The number of hydrogen-bond acceptors (Lipinski definition) is 4.